The monoisotopic (exact) mass is 388 g/mol. The number of ether oxygens (including phenoxy) is 3. The first kappa shape index (κ1) is 21.0. The number of methoxy groups -OCH3 is 1. The lowest BCUT2D eigenvalue weighted by Crippen LogP contribution is -2.47. The third-order valence-electron chi connectivity index (χ3n) is 3.95. The first-order chi connectivity index (χ1) is 13.5. The van der Waals surface area contributed by atoms with Gasteiger partial charge in [0, 0.05) is 6.08 Å². The number of amides is 2. The number of carbonyl (C=O) groups excluding carboxylic acids is 3. The van der Waals surface area contributed by atoms with Crippen molar-refractivity contribution in [3.8, 4) is 5.75 Å². The molecule has 150 valence electrons. The summed E-state index contributed by atoms with van der Waals surface area (Å²) in [6.07, 6.45) is 3.64. The fourth-order valence-corrected chi connectivity index (χ4v) is 2.63. The lowest BCUT2D eigenvalue weighted by atomic mass is 9.95. The van der Waals surface area contributed by atoms with Crippen LogP contribution in [0.2, 0.25) is 0 Å². The molecule has 0 aromatic heterocycles. The van der Waals surface area contributed by atoms with Gasteiger partial charge in [-0.2, -0.15) is 0 Å². The Kier molecular flexibility index (Phi) is 7.62. The molecule has 8 nitrogen and oxygen atoms in total. The summed E-state index contributed by atoms with van der Waals surface area (Å²) in [7, 11) is 1.55. The molecule has 0 aliphatic carbocycles. The summed E-state index contributed by atoms with van der Waals surface area (Å²) in [5.74, 6) is -0.528. The number of rotatable bonds is 8. The van der Waals surface area contributed by atoms with Crippen molar-refractivity contribution in [2.24, 2.45) is 0 Å². The van der Waals surface area contributed by atoms with Crippen molar-refractivity contribution in [3.05, 3.63) is 53.3 Å². The first-order valence-corrected chi connectivity index (χ1v) is 8.95. The second-order valence-corrected chi connectivity index (χ2v) is 5.84. The Labute approximate surface area is 163 Å². The largest absolute Gasteiger partial charge is 0.497 e. The van der Waals surface area contributed by atoms with E-state index in [1.54, 1.807) is 44.4 Å². The number of hydrogen-bond acceptors (Lipinski definition) is 6. The molecule has 2 N–H and O–H groups in total. The van der Waals surface area contributed by atoms with Crippen LogP contribution in [0.25, 0.3) is 0 Å². The minimum absolute atomic E-state index is 0.165. The van der Waals surface area contributed by atoms with Crippen LogP contribution in [0.1, 0.15) is 31.9 Å². The Hall–Kier alpha value is -3.29. The molecule has 0 fully saturated rings. The highest BCUT2D eigenvalue weighted by atomic mass is 16.5. The Balaban J connectivity index is 2.37. The van der Waals surface area contributed by atoms with Crippen molar-refractivity contribution in [1.82, 2.24) is 10.6 Å². The number of nitrogens with one attached hydrogen (secondary N) is 2. The molecule has 1 heterocycles. The van der Waals surface area contributed by atoms with E-state index in [1.165, 1.54) is 6.08 Å². The SMILES string of the molecule is CC/C=C/C(=O)OCC1=C(C(=O)OCC)[C@@H](c2ccc(OC)cc2)NC(=O)N1. The number of benzene rings is 1. The van der Waals surface area contributed by atoms with Crippen molar-refractivity contribution < 1.29 is 28.6 Å². The van der Waals surface area contributed by atoms with Gasteiger partial charge in [-0.05, 0) is 31.0 Å². The molecule has 1 aliphatic heterocycles. The molecule has 0 saturated carbocycles. The normalized spacial score (nSPS) is 16.4. The summed E-state index contributed by atoms with van der Waals surface area (Å²) in [4.78, 5) is 36.5. The van der Waals surface area contributed by atoms with Gasteiger partial charge < -0.3 is 24.8 Å². The molecule has 0 radical (unpaired) electrons. The molecule has 0 spiro atoms. The number of urea groups is 1. The average molecular weight is 388 g/mol. The van der Waals surface area contributed by atoms with E-state index >= 15 is 0 Å². The van der Waals surface area contributed by atoms with E-state index in [4.69, 9.17) is 14.2 Å². The van der Waals surface area contributed by atoms with Gasteiger partial charge >= 0.3 is 18.0 Å². The van der Waals surface area contributed by atoms with Gasteiger partial charge in [-0.3, -0.25) is 0 Å². The number of esters is 2. The van der Waals surface area contributed by atoms with Crippen LogP contribution in [-0.4, -0.2) is 38.3 Å². The summed E-state index contributed by atoms with van der Waals surface area (Å²) < 4.78 is 15.4. The lowest BCUT2D eigenvalue weighted by Gasteiger charge is -2.29. The fraction of sp³-hybridized carbons (Fsp3) is 0.350. The minimum atomic E-state index is -0.751. The van der Waals surface area contributed by atoms with E-state index < -0.39 is 24.0 Å². The predicted octanol–water partition coefficient (Wildman–Crippen LogP) is 2.38. The summed E-state index contributed by atoms with van der Waals surface area (Å²) in [6.45, 7) is 3.47. The molecule has 1 aromatic rings. The molecular weight excluding hydrogens is 364 g/mol. The number of hydrogen-bond donors (Lipinski definition) is 2. The van der Waals surface area contributed by atoms with Gasteiger partial charge in [0.2, 0.25) is 0 Å². The molecule has 0 unspecified atom stereocenters. The van der Waals surface area contributed by atoms with Crippen LogP contribution >= 0.6 is 0 Å². The zero-order valence-electron chi connectivity index (χ0n) is 16.1. The topological polar surface area (TPSA) is 103 Å². The van der Waals surface area contributed by atoms with Gasteiger partial charge in [0.05, 0.1) is 31.0 Å². The van der Waals surface area contributed by atoms with E-state index in [2.05, 4.69) is 10.6 Å². The van der Waals surface area contributed by atoms with Crippen LogP contribution in [-0.2, 0) is 19.1 Å². The van der Waals surface area contributed by atoms with Crippen LogP contribution in [0.5, 0.6) is 5.75 Å². The van der Waals surface area contributed by atoms with E-state index in [9.17, 15) is 14.4 Å². The fourth-order valence-electron chi connectivity index (χ4n) is 2.63. The zero-order valence-corrected chi connectivity index (χ0v) is 16.1. The summed E-state index contributed by atoms with van der Waals surface area (Å²) in [6, 6.07) is 5.66. The quantitative estimate of drug-likeness (QED) is 0.524. The van der Waals surface area contributed by atoms with Gasteiger partial charge in [0.1, 0.15) is 12.4 Å². The first-order valence-electron chi connectivity index (χ1n) is 8.95. The van der Waals surface area contributed by atoms with Crippen LogP contribution in [0.4, 0.5) is 4.79 Å². The molecule has 28 heavy (non-hydrogen) atoms. The standard InChI is InChI=1S/C20H24N2O6/c1-4-6-7-16(23)28-12-15-17(19(24)27-5-2)18(22-20(25)21-15)13-8-10-14(26-3)11-9-13/h6-11,18H,4-5,12H2,1-3H3,(H2,21,22,25)/b7-6+/t18-/m1/s1. The smallest absolute Gasteiger partial charge is 0.338 e. The molecule has 0 bridgehead atoms. The number of allylic oxidation sites excluding steroid dienone is 1. The lowest BCUT2D eigenvalue weighted by molar-refractivity contribution is -0.140. The molecule has 1 aromatic carbocycles. The Morgan fingerprint density at radius 2 is 1.86 bits per heavy atom. The van der Waals surface area contributed by atoms with Gasteiger partial charge in [0.25, 0.3) is 0 Å². The van der Waals surface area contributed by atoms with Gasteiger partial charge in [-0.25, -0.2) is 14.4 Å². The second-order valence-electron chi connectivity index (χ2n) is 5.84. The highest BCUT2D eigenvalue weighted by Crippen LogP contribution is 2.29. The Morgan fingerprint density at radius 1 is 1.14 bits per heavy atom. The Bertz CT molecular complexity index is 782. The number of carbonyl (C=O) groups is 3. The predicted molar refractivity (Wildman–Crippen MR) is 101 cm³/mol. The molecule has 2 amide bonds. The van der Waals surface area contributed by atoms with Crippen molar-refractivity contribution in [3.63, 3.8) is 0 Å². The van der Waals surface area contributed by atoms with Crippen molar-refractivity contribution in [1.29, 1.82) is 0 Å². The Morgan fingerprint density at radius 3 is 2.46 bits per heavy atom. The highest BCUT2D eigenvalue weighted by molar-refractivity contribution is 5.95. The maximum atomic E-state index is 12.6. The molecule has 0 saturated heterocycles. The van der Waals surface area contributed by atoms with Gasteiger partial charge in [0.15, 0.2) is 0 Å². The second kappa shape index (κ2) is 10.1. The molecule has 8 heteroatoms. The van der Waals surface area contributed by atoms with Crippen molar-refractivity contribution in [2.45, 2.75) is 26.3 Å². The van der Waals surface area contributed by atoms with Crippen molar-refractivity contribution >= 4 is 18.0 Å². The molecule has 1 aliphatic rings. The summed E-state index contributed by atoms with van der Waals surface area (Å²) in [5.41, 5.74) is 1.02. The van der Waals surface area contributed by atoms with Crippen LogP contribution < -0.4 is 15.4 Å². The third kappa shape index (κ3) is 5.35. The third-order valence-corrected chi connectivity index (χ3v) is 3.95. The van der Waals surface area contributed by atoms with E-state index in [0.717, 1.165) is 0 Å². The van der Waals surface area contributed by atoms with Gasteiger partial charge in [-0.1, -0.05) is 25.1 Å². The van der Waals surface area contributed by atoms with E-state index in [-0.39, 0.29) is 24.5 Å². The van der Waals surface area contributed by atoms with Crippen LogP contribution in [0.15, 0.2) is 47.7 Å². The maximum Gasteiger partial charge on any atom is 0.338 e. The highest BCUT2D eigenvalue weighted by Gasteiger charge is 2.34. The molecule has 2 rings (SSSR count). The van der Waals surface area contributed by atoms with Crippen molar-refractivity contribution in [2.75, 3.05) is 20.3 Å². The summed E-state index contributed by atoms with van der Waals surface area (Å²) >= 11 is 0. The molecule has 1 atom stereocenters. The zero-order chi connectivity index (χ0) is 20.5. The van der Waals surface area contributed by atoms with Crippen LogP contribution in [0, 0.1) is 0 Å². The molecular formula is C20H24N2O6. The van der Waals surface area contributed by atoms with Gasteiger partial charge in [-0.15, -0.1) is 0 Å². The van der Waals surface area contributed by atoms with Crippen LogP contribution in [0.3, 0.4) is 0 Å². The summed E-state index contributed by atoms with van der Waals surface area (Å²) in [5, 5.41) is 5.25. The minimum Gasteiger partial charge on any atom is -0.497 e. The van der Waals surface area contributed by atoms with E-state index in [1.807, 2.05) is 6.92 Å². The maximum absolute atomic E-state index is 12.6. The average Bonchev–Trinajstić information content (AvgIpc) is 2.70. The van der Waals surface area contributed by atoms with E-state index in [0.29, 0.717) is 17.7 Å².